The van der Waals surface area contributed by atoms with Crippen molar-refractivity contribution in [3.05, 3.63) is 35.4 Å². The standard InChI is InChI=1S/C17H26N2/c18-14-17(10-4-1-5-11-17)19-12-6-9-15-7-2-3-8-16(15)13-19/h2-3,7-8H,1,4-6,9-14,18H2. The predicted molar refractivity (Wildman–Crippen MR) is 80.0 cm³/mol. The first-order chi connectivity index (χ1) is 9.34. The molecule has 0 amide bonds. The van der Waals surface area contributed by atoms with Crippen molar-refractivity contribution in [3.8, 4) is 0 Å². The van der Waals surface area contributed by atoms with E-state index in [0.717, 1.165) is 13.1 Å². The zero-order valence-corrected chi connectivity index (χ0v) is 11.9. The van der Waals surface area contributed by atoms with Crippen LogP contribution in [0.3, 0.4) is 0 Å². The third-order valence-electron chi connectivity index (χ3n) is 5.19. The first-order valence-corrected chi connectivity index (χ1v) is 7.86. The monoisotopic (exact) mass is 258 g/mol. The van der Waals surface area contributed by atoms with E-state index in [4.69, 9.17) is 5.73 Å². The largest absolute Gasteiger partial charge is 0.329 e. The Bertz CT molecular complexity index is 421. The van der Waals surface area contributed by atoms with Crippen molar-refractivity contribution in [1.82, 2.24) is 4.90 Å². The number of nitrogens with zero attached hydrogens (tertiary/aromatic N) is 1. The first kappa shape index (κ1) is 13.1. The zero-order chi connectivity index (χ0) is 13.1. The summed E-state index contributed by atoms with van der Waals surface area (Å²) in [6.07, 6.45) is 9.21. The summed E-state index contributed by atoms with van der Waals surface area (Å²) in [7, 11) is 0. The molecule has 1 saturated carbocycles. The van der Waals surface area contributed by atoms with Crippen LogP contribution in [-0.4, -0.2) is 23.5 Å². The fraction of sp³-hybridized carbons (Fsp3) is 0.647. The second-order valence-corrected chi connectivity index (χ2v) is 6.28. The molecule has 1 fully saturated rings. The molecule has 2 heteroatoms. The van der Waals surface area contributed by atoms with Crippen molar-refractivity contribution in [2.75, 3.05) is 13.1 Å². The van der Waals surface area contributed by atoms with Gasteiger partial charge in [0.05, 0.1) is 0 Å². The minimum Gasteiger partial charge on any atom is -0.329 e. The van der Waals surface area contributed by atoms with Crippen LogP contribution < -0.4 is 5.73 Å². The van der Waals surface area contributed by atoms with E-state index < -0.39 is 0 Å². The molecule has 0 aromatic heterocycles. The molecule has 2 nitrogen and oxygen atoms in total. The van der Waals surface area contributed by atoms with Crippen LogP contribution in [-0.2, 0) is 13.0 Å². The van der Waals surface area contributed by atoms with Crippen LogP contribution in [0.2, 0.25) is 0 Å². The molecule has 1 aliphatic heterocycles. The number of hydrogen-bond donors (Lipinski definition) is 1. The van der Waals surface area contributed by atoms with Crippen LogP contribution in [0.25, 0.3) is 0 Å². The van der Waals surface area contributed by atoms with E-state index in [1.54, 1.807) is 5.56 Å². The van der Waals surface area contributed by atoms with Gasteiger partial charge in [-0.05, 0) is 43.4 Å². The number of fused-ring (bicyclic) bond motifs is 1. The quantitative estimate of drug-likeness (QED) is 0.883. The van der Waals surface area contributed by atoms with Gasteiger partial charge in [-0.15, -0.1) is 0 Å². The highest BCUT2D eigenvalue weighted by molar-refractivity contribution is 5.28. The van der Waals surface area contributed by atoms with Crippen molar-refractivity contribution >= 4 is 0 Å². The lowest BCUT2D eigenvalue weighted by atomic mass is 9.80. The number of hydrogen-bond acceptors (Lipinski definition) is 2. The summed E-state index contributed by atoms with van der Waals surface area (Å²) in [5.74, 6) is 0. The summed E-state index contributed by atoms with van der Waals surface area (Å²) in [4.78, 5) is 2.71. The molecular formula is C17H26N2. The second kappa shape index (κ2) is 5.64. The molecule has 1 aliphatic carbocycles. The summed E-state index contributed by atoms with van der Waals surface area (Å²) < 4.78 is 0. The highest BCUT2D eigenvalue weighted by Crippen LogP contribution is 2.35. The maximum atomic E-state index is 6.20. The smallest absolute Gasteiger partial charge is 0.0335 e. The fourth-order valence-electron chi connectivity index (χ4n) is 3.96. The second-order valence-electron chi connectivity index (χ2n) is 6.28. The Morgan fingerprint density at radius 2 is 1.74 bits per heavy atom. The predicted octanol–water partition coefficient (Wildman–Crippen LogP) is 3.10. The molecular weight excluding hydrogens is 232 g/mol. The lowest BCUT2D eigenvalue weighted by Crippen LogP contribution is -2.54. The lowest BCUT2D eigenvalue weighted by Gasteiger charge is -2.46. The molecule has 19 heavy (non-hydrogen) atoms. The number of aryl methyl sites for hydroxylation is 1. The van der Waals surface area contributed by atoms with Crippen molar-refractivity contribution in [3.63, 3.8) is 0 Å². The molecule has 0 saturated heterocycles. The molecule has 0 radical (unpaired) electrons. The minimum atomic E-state index is 0.287. The Hall–Kier alpha value is -0.860. The average Bonchev–Trinajstić information content (AvgIpc) is 2.70. The molecule has 2 aliphatic rings. The number of benzene rings is 1. The summed E-state index contributed by atoms with van der Waals surface area (Å²) in [5, 5.41) is 0. The lowest BCUT2D eigenvalue weighted by molar-refractivity contribution is 0.0509. The third-order valence-corrected chi connectivity index (χ3v) is 5.19. The Morgan fingerprint density at radius 1 is 1.00 bits per heavy atom. The van der Waals surface area contributed by atoms with Crippen LogP contribution in [0, 0.1) is 0 Å². The number of nitrogens with two attached hydrogens (primary N) is 1. The van der Waals surface area contributed by atoms with E-state index in [-0.39, 0.29) is 5.54 Å². The van der Waals surface area contributed by atoms with Gasteiger partial charge in [0.2, 0.25) is 0 Å². The SMILES string of the molecule is NCC1(N2CCCc3ccccc3C2)CCCCC1. The van der Waals surface area contributed by atoms with Crippen LogP contribution in [0.15, 0.2) is 24.3 Å². The summed E-state index contributed by atoms with van der Waals surface area (Å²) >= 11 is 0. The summed E-state index contributed by atoms with van der Waals surface area (Å²) in [5.41, 5.74) is 9.56. The van der Waals surface area contributed by atoms with Gasteiger partial charge in [0, 0.05) is 18.6 Å². The third kappa shape index (κ3) is 2.56. The van der Waals surface area contributed by atoms with Gasteiger partial charge >= 0.3 is 0 Å². The molecule has 1 heterocycles. The van der Waals surface area contributed by atoms with Crippen molar-refractivity contribution in [2.24, 2.45) is 5.73 Å². The molecule has 0 bridgehead atoms. The maximum Gasteiger partial charge on any atom is 0.0335 e. The molecule has 1 aromatic carbocycles. The highest BCUT2D eigenvalue weighted by Gasteiger charge is 2.37. The zero-order valence-electron chi connectivity index (χ0n) is 11.9. The Morgan fingerprint density at radius 3 is 2.47 bits per heavy atom. The van der Waals surface area contributed by atoms with E-state index in [2.05, 4.69) is 29.2 Å². The summed E-state index contributed by atoms with van der Waals surface area (Å²) in [6, 6.07) is 8.96. The van der Waals surface area contributed by atoms with Gasteiger partial charge in [-0.25, -0.2) is 0 Å². The highest BCUT2D eigenvalue weighted by atomic mass is 15.2. The van der Waals surface area contributed by atoms with Crippen LogP contribution >= 0.6 is 0 Å². The van der Waals surface area contributed by atoms with E-state index >= 15 is 0 Å². The van der Waals surface area contributed by atoms with E-state index in [9.17, 15) is 0 Å². The van der Waals surface area contributed by atoms with Gasteiger partial charge in [-0.2, -0.15) is 0 Å². The van der Waals surface area contributed by atoms with Gasteiger partial charge in [0.15, 0.2) is 0 Å². The van der Waals surface area contributed by atoms with E-state index in [1.807, 2.05) is 0 Å². The van der Waals surface area contributed by atoms with Crippen molar-refractivity contribution in [1.29, 1.82) is 0 Å². The van der Waals surface area contributed by atoms with Crippen molar-refractivity contribution in [2.45, 2.75) is 57.0 Å². The summed E-state index contributed by atoms with van der Waals surface area (Å²) in [6.45, 7) is 3.15. The van der Waals surface area contributed by atoms with Gasteiger partial charge in [-0.1, -0.05) is 43.5 Å². The van der Waals surface area contributed by atoms with Gasteiger partial charge in [0.25, 0.3) is 0 Å². The van der Waals surface area contributed by atoms with Gasteiger partial charge in [-0.3, -0.25) is 4.90 Å². The molecule has 0 atom stereocenters. The average molecular weight is 258 g/mol. The van der Waals surface area contributed by atoms with E-state index in [0.29, 0.717) is 0 Å². The van der Waals surface area contributed by atoms with Crippen LogP contribution in [0.5, 0.6) is 0 Å². The minimum absolute atomic E-state index is 0.287. The topological polar surface area (TPSA) is 29.3 Å². The normalized spacial score (nSPS) is 23.6. The maximum absolute atomic E-state index is 6.20. The van der Waals surface area contributed by atoms with Gasteiger partial charge < -0.3 is 5.73 Å². The number of rotatable bonds is 2. The molecule has 3 rings (SSSR count). The molecule has 104 valence electrons. The van der Waals surface area contributed by atoms with E-state index in [1.165, 1.54) is 57.1 Å². The molecule has 2 N–H and O–H groups in total. The Labute approximate surface area is 117 Å². The van der Waals surface area contributed by atoms with Crippen molar-refractivity contribution < 1.29 is 0 Å². The molecule has 0 unspecified atom stereocenters. The molecule has 0 spiro atoms. The fourth-order valence-corrected chi connectivity index (χ4v) is 3.96. The van der Waals surface area contributed by atoms with Crippen LogP contribution in [0.1, 0.15) is 49.7 Å². The van der Waals surface area contributed by atoms with Gasteiger partial charge in [0.1, 0.15) is 0 Å². The molecule has 1 aromatic rings. The Balaban J connectivity index is 1.84. The first-order valence-electron chi connectivity index (χ1n) is 7.86. The Kier molecular flexibility index (Phi) is 3.90. The van der Waals surface area contributed by atoms with Crippen LogP contribution in [0.4, 0.5) is 0 Å².